The molecule has 3 amide bonds. The third-order valence-electron chi connectivity index (χ3n) is 5.09. The number of hydrogen-bond acceptors (Lipinski definition) is 4. The van der Waals surface area contributed by atoms with Crippen molar-refractivity contribution in [2.75, 3.05) is 26.0 Å². The van der Waals surface area contributed by atoms with Gasteiger partial charge in [0, 0.05) is 27.3 Å². The maximum Gasteiger partial charge on any atom is 0.327 e. The second kappa shape index (κ2) is 5.83. The molecule has 2 aliphatic rings. The summed E-state index contributed by atoms with van der Waals surface area (Å²) >= 11 is 0. The second-order valence-corrected chi connectivity index (χ2v) is 6.74. The standard InChI is InChI=1S/C17H24N4O2/c1-19(2)14-11-13(7-10-18-14)12-21-15(22)17(20(3)16(21)23)8-5-4-6-9-17/h7,10-11H,4-6,8-9,12H2,1-3H3. The Morgan fingerprint density at radius 1 is 1.22 bits per heavy atom. The van der Waals surface area contributed by atoms with Crippen LogP contribution in [-0.2, 0) is 11.3 Å². The van der Waals surface area contributed by atoms with Crippen molar-refractivity contribution in [3.05, 3.63) is 23.9 Å². The summed E-state index contributed by atoms with van der Waals surface area (Å²) in [4.78, 5) is 34.8. The summed E-state index contributed by atoms with van der Waals surface area (Å²) in [6.45, 7) is 0.313. The lowest BCUT2D eigenvalue weighted by molar-refractivity contribution is -0.134. The Balaban J connectivity index is 1.84. The maximum atomic E-state index is 13.0. The van der Waals surface area contributed by atoms with E-state index in [0.29, 0.717) is 6.54 Å². The zero-order valence-electron chi connectivity index (χ0n) is 14.1. The van der Waals surface area contributed by atoms with E-state index < -0.39 is 5.54 Å². The smallest absolute Gasteiger partial charge is 0.327 e. The van der Waals surface area contributed by atoms with Crippen molar-refractivity contribution in [2.45, 2.75) is 44.2 Å². The Hall–Kier alpha value is -2.11. The van der Waals surface area contributed by atoms with Gasteiger partial charge in [0.15, 0.2) is 0 Å². The van der Waals surface area contributed by atoms with Crippen LogP contribution in [-0.4, -0.2) is 53.4 Å². The highest BCUT2D eigenvalue weighted by Gasteiger charge is 2.55. The van der Waals surface area contributed by atoms with Crippen LogP contribution in [0.1, 0.15) is 37.7 Å². The van der Waals surface area contributed by atoms with E-state index in [4.69, 9.17) is 0 Å². The summed E-state index contributed by atoms with van der Waals surface area (Å²) in [5.74, 6) is 0.787. The van der Waals surface area contributed by atoms with Gasteiger partial charge in [-0.05, 0) is 30.5 Å². The van der Waals surface area contributed by atoms with Crippen molar-refractivity contribution in [1.29, 1.82) is 0 Å². The van der Waals surface area contributed by atoms with Crippen molar-refractivity contribution in [2.24, 2.45) is 0 Å². The predicted molar refractivity (Wildman–Crippen MR) is 88.1 cm³/mol. The molecule has 1 saturated carbocycles. The minimum absolute atomic E-state index is 0.0343. The Morgan fingerprint density at radius 2 is 1.91 bits per heavy atom. The molecular weight excluding hydrogens is 292 g/mol. The van der Waals surface area contributed by atoms with E-state index in [1.165, 1.54) is 4.90 Å². The van der Waals surface area contributed by atoms with Crippen LogP contribution in [0.15, 0.2) is 18.3 Å². The van der Waals surface area contributed by atoms with Crippen molar-refractivity contribution in [3.63, 3.8) is 0 Å². The molecule has 1 saturated heterocycles. The number of rotatable bonds is 3. The zero-order valence-corrected chi connectivity index (χ0v) is 14.1. The Morgan fingerprint density at radius 3 is 2.57 bits per heavy atom. The van der Waals surface area contributed by atoms with Crippen LogP contribution in [0.4, 0.5) is 10.6 Å². The van der Waals surface area contributed by atoms with E-state index in [-0.39, 0.29) is 11.9 Å². The molecule has 2 fully saturated rings. The van der Waals surface area contributed by atoms with Gasteiger partial charge < -0.3 is 9.80 Å². The van der Waals surface area contributed by atoms with Gasteiger partial charge in [-0.1, -0.05) is 19.3 Å². The Kier molecular flexibility index (Phi) is 4.00. The number of likely N-dealkylation sites (N-methyl/N-ethyl adjacent to an activating group) is 1. The summed E-state index contributed by atoms with van der Waals surface area (Å²) in [5.41, 5.74) is 0.318. The van der Waals surface area contributed by atoms with Gasteiger partial charge in [0.1, 0.15) is 11.4 Å². The third kappa shape index (κ3) is 2.56. The molecule has 3 rings (SSSR count). The molecule has 0 atom stereocenters. The molecule has 1 aromatic heterocycles. The fourth-order valence-corrected chi connectivity index (χ4v) is 3.66. The quantitative estimate of drug-likeness (QED) is 0.803. The van der Waals surface area contributed by atoms with Crippen LogP contribution in [0.25, 0.3) is 0 Å². The van der Waals surface area contributed by atoms with Gasteiger partial charge in [-0.3, -0.25) is 9.69 Å². The normalized spacial score (nSPS) is 20.5. The predicted octanol–water partition coefficient (Wildman–Crippen LogP) is 2.24. The number of pyridine rings is 1. The average Bonchev–Trinajstić information content (AvgIpc) is 2.72. The number of nitrogens with zero attached hydrogens (tertiary/aromatic N) is 4. The number of amides is 3. The average molecular weight is 316 g/mol. The first-order chi connectivity index (χ1) is 11.0. The molecule has 2 heterocycles. The van der Waals surface area contributed by atoms with Crippen LogP contribution in [0, 0.1) is 0 Å². The van der Waals surface area contributed by atoms with Crippen molar-refractivity contribution in [3.8, 4) is 0 Å². The third-order valence-corrected chi connectivity index (χ3v) is 5.09. The highest BCUT2D eigenvalue weighted by molar-refractivity contribution is 6.06. The summed E-state index contributed by atoms with van der Waals surface area (Å²) < 4.78 is 0. The van der Waals surface area contributed by atoms with E-state index >= 15 is 0 Å². The number of hydrogen-bond donors (Lipinski definition) is 0. The van der Waals surface area contributed by atoms with Gasteiger partial charge in [0.2, 0.25) is 0 Å². The molecule has 0 aromatic carbocycles. The molecule has 23 heavy (non-hydrogen) atoms. The lowest BCUT2D eigenvalue weighted by Gasteiger charge is -2.35. The van der Waals surface area contributed by atoms with Gasteiger partial charge in [-0.15, -0.1) is 0 Å². The molecule has 0 radical (unpaired) electrons. The first-order valence-electron chi connectivity index (χ1n) is 8.18. The number of aromatic nitrogens is 1. The van der Waals surface area contributed by atoms with Crippen LogP contribution in [0.5, 0.6) is 0 Å². The summed E-state index contributed by atoms with van der Waals surface area (Å²) in [6.07, 6.45) is 6.45. The zero-order chi connectivity index (χ0) is 16.6. The molecule has 1 aromatic rings. The Labute approximate surface area is 137 Å². The lowest BCUT2D eigenvalue weighted by atomic mass is 9.81. The van der Waals surface area contributed by atoms with Crippen LogP contribution < -0.4 is 4.90 Å². The molecular formula is C17H24N4O2. The molecule has 0 N–H and O–H groups in total. The van der Waals surface area contributed by atoms with Gasteiger partial charge in [0.05, 0.1) is 6.54 Å². The number of anilines is 1. The fraction of sp³-hybridized carbons (Fsp3) is 0.588. The van der Waals surface area contributed by atoms with E-state index in [0.717, 1.165) is 43.5 Å². The molecule has 1 spiro atoms. The van der Waals surface area contributed by atoms with Crippen LogP contribution >= 0.6 is 0 Å². The van der Waals surface area contributed by atoms with Gasteiger partial charge in [0.25, 0.3) is 5.91 Å². The molecule has 0 bridgehead atoms. The number of carbonyl (C=O) groups excluding carboxylic acids is 2. The molecule has 6 nitrogen and oxygen atoms in total. The van der Waals surface area contributed by atoms with Crippen LogP contribution in [0.2, 0.25) is 0 Å². The van der Waals surface area contributed by atoms with Crippen molar-refractivity contribution < 1.29 is 9.59 Å². The summed E-state index contributed by atoms with van der Waals surface area (Å²) in [7, 11) is 5.61. The van der Waals surface area contributed by atoms with Crippen molar-refractivity contribution >= 4 is 17.8 Å². The van der Waals surface area contributed by atoms with E-state index in [1.807, 2.05) is 31.1 Å². The van der Waals surface area contributed by atoms with Gasteiger partial charge in [-0.25, -0.2) is 9.78 Å². The number of carbonyl (C=O) groups is 2. The number of urea groups is 1. The first-order valence-corrected chi connectivity index (χ1v) is 8.18. The molecule has 1 aliphatic carbocycles. The van der Waals surface area contributed by atoms with E-state index in [1.54, 1.807) is 18.1 Å². The topological polar surface area (TPSA) is 56.8 Å². The van der Waals surface area contributed by atoms with Crippen molar-refractivity contribution in [1.82, 2.24) is 14.8 Å². The molecule has 6 heteroatoms. The largest absolute Gasteiger partial charge is 0.363 e. The molecule has 124 valence electrons. The lowest BCUT2D eigenvalue weighted by Crippen LogP contribution is -2.49. The van der Waals surface area contributed by atoms with E-state index in [2.05, 4.69) is 4.98 Å². The molecule has 0 unspecified atom stereocenters. The van der Waals surface area contributed by atoms with Gasteiger partial charge >= 0.3 is 6.03 Å². The van der Waals surface area contributed by atoms with E-state index in [9.17, 15) is 9.59 Å². The highest BCUT2D eigenvalue weighted by Crippen LogP contribution is 2.39. The second-order valence-electron chi connectivity index (χ2n) is 6.74. The summed E-state index contributed by atoms with van der Waals surface area (Å²) in [6, 6.07) is 3.60. The SMILES string of the molecule is CN(C)c1cc(CN2C(=O)N(C)C3(CCCCC3)C2=O)ccn1. The number of imide groups is 1. The highest BCUT2D eigenvalue weighted by atomic mass is 16.2. The maximum absolute atomic E-state index is 13.0. The molecule has 1 aliphatic heterocycles. The van der Waals surface area contributed by atoms with Crippen LogP contribution in [0.3, 0.4) is 0 Å². The monoisotopic (exact) mass is 316 g/mol. The Bertz CT molecular complexity index is 623. The minimum atomic E-state index is -0.604. The van der Waals surface area contributed by atoms with Gasteiger partial charge in [-0.2, -0.15) is 0 Å². The fourth-order valence-electron chi connectivity index (χ4n) is 3.66. The summed E-state index contributed by atoms with van der Waals surface area (Å²) in [5, 5.41) is 0. The minimum Gasteiger partial charge on any atom is -0.363 e. The first kappa shape index (κ1) is 15.8.